The maximum absolute atomic E-state index is 12.5. The van der Waals surface area contributed by atoms with E-state index in [4.69, 9.17) is 25.8 Å². The Kier molecular flexibility index (Phi) is 6.36. The van der Waals surface area contributed by atoms with Crippen LogP contribution in [0.5, 0.6) is 11.5 Å². The highest BCUT2D eigenvalue weighted by molar-refractivity contribution is 6.32. The van der Waals surface area contributed by atoms with Gasteiger partial charge in [-0.05, 0) is 44.0 Å². The Balaban J connectivity index is 1.60. The Hall–Kier alpha value is -2.24. The highest BCUT2D eigenvalue weighted by Crippen LogP contribution is 2.27. The Morgan fingerprint density at radius 1 is 1.23 bits per heavy atom. The summed E-state index contributed by atoms with van der Waals surface area (Å²) in [4.78, 5) is 12.5. The molecule has 1 amide bonds. The Morgan fingerprint density at radius 3 is 2.69 bits per heavy atom. The van der Waals surface area contributed by atoms with Crippen LogP contribution in [0.25, 0.3) is 0 Å². The molecule has 1 saturated heterocycles. The van der Waals surface area contributed by atoms with Crippen LogP contribution in [0.4, 0.5) is 5.69 Å². The molecule has 0 aliphatic carbocycles. The minimum atomic E-state index is -0.707. The second kappa shape index (κ2) is 8.92. The molecule has 0 radical (unpaired) electrons. The van der Waals surface area contributed by atoms with Gasteiger partial charge in [-0.25, -0.2) is 0 Å². The monoisotopic (exact) mass is 375 g/mol. The van der Waals surface area contributed by atoms with Crippen LogP contribution in [0.2, 0.25) is 5.02 Å². The van der Waals surface area contributed by atoms with E-state index in [0.717, 1.165) is 19.4 Å². The topological polar surface area (TPSA) is 56.8 Å². The Bertz CT molecular complexity index is 746. The maximum Gasteiger partial charge on any atom is 0.265 e. The predicted octanol–water partition coefficient (Wildman–Crippen LogP) is 4.30. The van der Waals surface area contributed by atoms with E-state index in [9.17, 15) is 4.79 Å². The molecule has 1 aliphatic rings. The van der Waals surface area contributed by atoms with Gasteiger partial charge in [0.15, 0.2) is 6.10 Å². The van der Waals surface area contributed by atoms with Crippen LogP contribution in [-0.4, -0.2) is 31.3 Å². The fourth-order valence-electron chi connectivity index (χ4n) is 2.67. The van der Waals surface area contributed by atoms with E-state index >= 15 is 0 Å². The van der Waals surface area contributed by atoms with E-state index in [1.807, 2.05) is 24.3 Å². The van der Waals surface area contributed by atoms with Crippen LogP contribution >= 0.6 is 11.6 Å². The van der Waals surface area contributed by atoms with Crippen molar-refractivity contribution in [1.29, 1.82) is 0 Å². The van der Waals surface area contributed by atoms with Crippen LogP contribution in [0.3, 0.4) is 0 Å². The lowest BCUT2D eigenvalue weighted by atomic mass is 10.2. The molecule has 2 unspecified atom stereocenters. The minimum absolute atomic E-state index is 0.112. The fourth-order valence-corrected chi connectivity index (χ4v) is 2.85. The van der Waals surface area contributed by atoms with Gasteiger partial charge in [-0.2, -0.15) is 0 Å². The smallest absolute Gasteiger partial charge is 0.265 e. The summed E-state index contributed by atoms with van der Waals surface area (Å²) < 4.78 is 17.1. The Morgan fingerprint density at radius 2 is 1.96 bits per heavy atom. The highest BCUT2D eigenvalue weighted by atomic mass is 35.5. The standard InChI is InChI=1S/C20H22ClNO4/c1-14(26-18-10-4-2-8-16(18)21)20(23)22-17-9-3-5-11-19(17)25-13-15-7-6-12-24-15/h2-5,8-11,14-15H,6-7,12-13H2,1H3,(H,22,23). The van der Waals surface area contributed by atoms with Gasteiger partial charge in [0.1, 0.15) is 18.1 Å². The van der Waals surface area contributed by atoms with Crippen LogP contribution in [0.15, 0.2) is 48.5 Å². The molecule has 2 atom stereocenters. The number of hydrogen-bond acceptors (Lipinski definition) is 4. The summed E-state index contributed by atoms with van der Waals surface area (Å²) in [5, 5.41) is 3.32. The van der Waals surface area contributed by atoms with Crippen LogP contribution in [-0.2, 0) is 9.53 Å². The summed E-state index contributed by atoms with van der Waals surface area (Å²) in [6.45, 7) is 2.93. The number of hydrogen-bond donors (Lipinski definition) is 1. The molecule has 1 N–H and O–H groups in total. The summed E-state index contributed by atoms with van der Waals surface area (Å²) in [5.74, 6) is 0.805. The van der Waals surface area contributed by atoms with Crippen molar-refractivity contribution in [3.8, 4) is 11.5 Å². The van der Waals surface area contributed by atoms with Gasteiger partial charge in [0, 0.05) is 6.61 Å². The first-order valence-electron chi connectivity index (χ1n) is 8.69. The van der Waals surface area contributed by atoms with E-state index in [-0.39, 0.29) is 12.0 Å². The van der Waals surface area contributed by atoms with E-state index in [2.05, 4.69) is 5.32 Å². The number of rotatable bonds is 7. The average molecular weight is 376 g/mol. The van der Waals surface area contributed by atoms with Gasteiger partial charge in [-0.1, -0.05) is 35.9 Å². The number of nitrogens with one attached hydrogen (secondary N) is 1. The molecule has 0 bridgehead atoms. The molecule has 26 heavy (non-hydrogen) atoms. The Labute approximate surface area is 158 Å². The van der Waals surface area contributed by atoms with Crippen molar-refractivity contribution in [2.75, 3.05) is 18.5 Å². The number of ether oxygens (including phenoxy) is 3. The van der Waals surface area contributed by atoms with Crippen molar-refractivity contribution >= 4 is 23.2 Å². The van der Waals surface area contributed by atoms with Crippen LogP contribution in [0, 0.1) is 0 Å². The zero-order valence-corrected chi connectivity index (χ0v) is 15.4. The summed E-state index contributed by atoms with van der Waals surface area (Å²) in [7, 11) is 0. The van der Waals surface area contributed by atoms with Gasteiger partial charge in [0.2, 0.25) is 0 Å². The van der Waals surface area contributed by atoms with E-state index in [0.29, 0.717) is 28.8 Å². The van der Waals surface area contributed by atoms with Crippen LogP contribution < -0.4 is 14.8 Å². The van der Waals surface area contributed by atoms with Crippen LogP contribution in [0.1, 0.15) is 19.8 Å². The molecule has 6 heteroatoms. The van der Waals surface area contributed by atoms with Crippen molar-refractivity contribution in [3.05, 3.63) is 53.6 Å². The summed E-state index contributed by atoms with van der Waals surface area (Å²) >= 11 is 6.07. The first kappa shape index (κ1) is 18.5. The summed E-state index contributed by atoms with van der Waals surface area (Å²) in [5.41, 5.74) is 0.602. The second-order valence-electron chi connectivity index (χ2n) is 6.12. The van der Waals surface area contributed by atoms with E-state index < -0.39 is 6.10 Å². The predicted molar refractivity (Wildman–Crippen MR) is 101 cm³/mol. The first-order chi connectivity index (χ1) is 12.6. The lowest BCUT2D eigenvalue weighted by Crippen LogP contribution is -2.30. The second-order valence-corrected chi connectivity index (χ2v) is 6.53. The van der Waals surface area contributed by atoms with Gasteiger partial charge >= 0.3 is 0 Å². The number of anilines is 1. The molecule has 0 spiro atoms. The molecule has 1 aliphatic heterocycles. The van der Waals surface area contributed by atoms with E-state index in [1.54, 1.807) is 31.2 Å². The zero-order valence-electron chi connectivity index (χ0n) is 14.6. The number of carbonyl (C=O) groups excluding carboxylic acids is 1. The molecular formula is C20H22ClNO4. The fraction of sp³-hybridized carbons (Fsp3) is 0.350. The molecule has 3 rings (SSSR count). The third-order valence-electron chi connectivity index (χ3n) is 4.10. The SMILES string of the molecule is CC(Oc1ccccc1Cl)C(=O)Nc1ccccc1OCC1CCCO1. The van der Waals surface area contributed by atoms with Gasteiger partial charge < -0.3 is 19.5 Å². The molecular weight excluding hydrogens is 354 g/mol. The highest BCUT2D eigenvalue weighted by Gasteiger charge is 2.19. The quantitative estimate of drug-likeness (QED) is 0.783. The lowest BCUT2D eigenvalue weighted by molar-refractivity contribution is -0.122. The van der Waals surface area contributed by atoms with Gasteiger partial charge in [-0.15, -0.1) is 0 Å². The van der Waals surface area contributed by atoms with Crippen molar-refractivity contribution < 1.29 is 19.0 Å². The number of para-hydroxylation sites is 3. The number of amides is 1. The van der Waals surface area contributed by atoms with Crippen molar-refractivity contribution in [2.45, 2.75) is 32.0 Å². The molecule has 0 aromatic heterocycles. The molecule has 138 valence electrons. The molecule has 2 aromatic rings. The molecule has 1 heterocycles. The van der Waals surface area contributed by atoms with Gasteiger partial charge in [0.25, 0.3) is 5.91 Å². The maximum atomic E-state index is 12.5. The number of benzene rings is 2. The van der Waals surface area contributed by atoms with Crippen molar-refractivity contribution in [2.24, 2.45) is 0 Å². The molecule has 2 aromatic carbocycles. The molecule has 5 nitrogen and oxygen atoms in total. The molecule has 1 fully saturated rings. The summed E-state index contributed by atoms with van der Waals surface area (Å²) in [6.07, 6.45) is 1.46. The van der Waals surface area contributed by atoms with Gasteiger partial charge in [0.05, 0.1) is 16.8 Å². The molecule has 0 saturated carbocycles. The van der Waals surface area contributed by atoms with Crippen molar-refractivity contribution in [1.82, 2.24) is 0 Å². The lowest BCUT2D eigenvalue weighted by Gasteiger charge is -2.18. The minimum Gasteiger partial charge on any atom is -0.489 e. The normalized spacial score (nSPS) is 17.5. The number of carbonyl (C=O) groups is 1. The number of halogens is 1. The first-order valence-corrected chi connectivity index (χ1v) is 9.07. The third kappa shape index (κ3) is 4.90. The van der Waals surface area contributed by atoms with Crippen molar-refractivity contribution in [3.63, 3.8) is 0 Å². The third-order valence-corrected chi connectivity index (χ3v) is 4.42. The summed E-state index contributed by atoms with van der Waals surface area (Å²) in [6, 6.07) is 14.4. The zero-order chi connectivity index (χ0) is 18.4. The largest absolute Gasteiger partial charge is 0.489 e. The van der Waals surface area contributed by atoms with Gasteiger partial charge in [-0.3, -0.25) is 4.79 Å². The van der Waals surface area contributed by atoms with E-state index in [1.165, 1.54) is 0 Å². The average Bonchev–Trinajstić information content (AvgIpc) is 3.16.